The summed E-state index contributed by atoms with van der Waals surface area (Å²) in [5.74, 6) is -0.0479. The third kappa shape index (κ3) is 4.41. The van der Waals surface area contributed by atoms with Gasteiger partial charge in [-0.2, -0.15) is 0 Å². The van der Waals surface area contributed by atoms with E-state index in [1.54, 1.807) is 6.08 Å². The maximum absolute atomic E-state index is 10.6. The largest absolute Gasteiger partial charge is 0.478 e. The molecule has 0 bridgehead atoms. The van der Waals surface area contributed by atoms with E-state index in [1.165, 1.54) is 5.69 Å². The number of imidazole rings is 1. The number of hydrogen-bond donors (Lipinski definition) is 2. The summed E-state index contributed by atoms with van der Waals surface area (Å²) >= 11 is 0. The van der Waals surface area contributed by atoms with E-state index in [0.717, 1.165) is 45.2 Å². The summed E-state index contributed by atoms with van der Waals surface area (Å²) in [7, 11) is 4.07. The van der Waals surface area contributed by atoms with Gasteiger partial charge in [0.25, 0.3) is 0 Å². The van der Waals surface area contributed by atoms with Crippen LogP contribution >= 0.6 is 0 Å². The highest BCUT2D eigenvalue weighted by atomic mass is 16.4. The number of aliphatic carboxylic acids is 1. The van der Waals surface area contributed by atoms with Gasteiger partial charge in [-0.3, -0.25) is 0 Å². The summed E-state index contributed by atoms with van der Waals surface area (Å²) in [6.07, 6.45) is 3.41. The van der Waals surface area contributed by atoms with Crippen LogP contribution in [0.4, 0.5) is 5.69 Å². The molecule has 150 valence electrons. The number of carbonyl (C=O) groups is 1. The predicted molar refractivity (Wildman–Crippen MR) is 122 cm³/mol. The third-order valence-corrected chi connectivity index (χ3v) is 5.02. The molecule has 0 aliphatic rings. The summed E-state index contributed by atoms with van der Waals surface area (Å²) in [5, 5.41) is 8.72. The fourth-order valence-electron chi connectivity index (χ4n) is 3.38. The van der Waals surface area contributed by atoms with E-state index in [2.05, 4.69) is 52.3 Å². The Hall–Kier alpha value is -3.86. The highest BCUT2D eigenvalue weighted by Crippen LogP contribution is 2.26. The Labute approximate surface area is 175 Å². The first kappa shape index (κ1) is 19.5. The van der Waals surface area contributed by atoms with Gasteiger partial charge in [0.05, 0.1) is 11.0 Å². The SMILES string of the molecule is CN(C)c1ccc(-c2ccc3[nH]c(Cc4ccc(/C=C/C(=O)O)cc4)nc3c2)cc1. The summed E-state index contributed by atoms with van der Waals surface area (Å²) in [6, 6.07) is 22.6. The first-order valence-corrected chi connectivity index (χ1v) is 9.74. The molecule has 0 atom stereocenters. The van der Waals surface area contributed by atoms with Crippen molar-refractivity contribution in [3.63, 3.8) is 0 Å². The second kappa shape index (κ2) is 8.25. The van der Waals surface area contributed by atoms with E-state index in [-0.39, 0.29) is 0 Å². The topological polar surface area (TPSA) is 69.2 Å². The fraction of sp³-hybridized carbons (Fsp3) is 0.120. The lowest BCUT2D eigenvalue weighted by Crippen LogP contribution is -2.07. The van der Waals surface area contributed by atoms with Crippen molar-refractivity contribution in [2.75, 3.05) is 19.0 Å². The molecule has 0 saturated heterocycles. The summed E-state index contributed by atoms with van der Waals surface area (Å²) in [5.41, 5.74) is 7.40. The third-order valence-electron chi connectivity index (χ3n) is 5.02. The molecule has 5 nitrogen and oxygen atoms in total. The molecule has 4 aromatic rings. The normalized spacial score (nSPS) is 11.3. The molecule has 0 unspecified atom stereocenters. The lowest BCUT2D eigenvalue weighted by Gasteiger charge is -2.12. The molecule has 0 amide bonds. The van der Waals surface area contributed by atoms with E-state index in [0.29, 0.717) is 6.42 Å². The number of aromatic amines is 1. The van der Waals surface area contributed by atoms with Gasteiger partial charge in [0.2, 0.25) is 0 Å². The van der Waals surface area contributed by atoms with Crippen molar-refractivity contribution < 1.29 is 9.90 Å². The number of carboxylic acid groups (broad SMARTS) is 1. The first-order valence-electron chi connectivity index (χ1n) is 9.74. The van der Waals surface area contributed by atoms with Gasteiger partial charge < -0.3 is 15.0 Å². The highest BCUT2D eigenvalue weighted by Gasteiger charge is 2.07. The summed E-state index contributed by atoms with van der Waals surface area (Å²) < 4.78 is 0. The van der Waals surface area contributed by atoms with Crippen molar-refractivity contribution in [1.29, 1.82) is 0 Å². The molecule has 1 heterocycles. The van der Waals surface area contributed by atoms with Crippen LogP contribution in [-0.2, 0) is 11.2 Å². The van der Waals surface area contributed by atoms with Crippen molar-refractivity contribution in [3.05, 3.63) is 89.8 Å². The van der Waals surface area contributed by atoms with Crippen LogP contribution in [0.5, 0.6) is 0 Å². The molecular formula is C25H23N3O2. The average molecular weight is 397 g/mol. The number of hydrogen-bond acceptors (Lipinski definition) is 3. The zero-order chi connectivity index (χ0) is 21.1. The lowest BCUT2D eigenvalue weighted by atomic mass is 10.0. The molecule has 0 aliphatic carbocycles. The molecule has 5 heteroatoms. The van der Waals surface area contributed by atoms with E-state index in [1.807, 2.05) is 38.4 Å². The van der Waals surface area contributed by atoms with E-state index in [9.17, 15) is 4.79 Å². The molecule has 3 aromatic carbocycles. The second-order valence-corrected chi connectivity index (χ2v) is 7.45. The van der Waals surface area contributed by atoms with Crippen LogP contribution in [0.2, 0.25) is 0 Å². The minimum atomic E-state index is -0.950. The van der Waals surface area contributed by atoms with Gasteiger partial charge in [0.1, 0.15) is 5.82 Å². The molecule has 2 N–H and O–H groups in total. The molecule has 0 aliphatic heterocycles. The van der Waals surface area contributed by atoms with Gasteiger partial charge in [-0.05, 0) is 52.6 Å². The first-order chi connectivity index (χ1) is 14.5. The van der Waals surface area contributed by atoms with Crippen molar-refractivity contribution >= 4 is 28.8 Å². The van der Waals surface area contributed by atoms with Crippen molar-refractivity contribution in [2.45, 2.75) is 6.42 Å². The number of nitrogens with zero attached hydrogens (tertiary/aromatic N) is 2. The highest BCUT2D eigenvalue weighted by molar-refractivity contribution is 5.85. The quantitative estimate of drug-likeness (QED) is 0.450. The standard InChI is InChI=1S/C25H23N3O2/c1-28(2)21-11-8-19(9-12-21)20-10-13-22-23(16-20)27-24(26-22)15-18-5-3-17(4-6-18)7-14-25(29)30/h3-14,16H,15H2,1-2H3,(H,26,27)(H,29,30)/b14-7+. The molecule has 1 aromatic heterocycles. The van der Waals surface area contributed by atoms with Crippen LogP contribution in [0.25, 0.3) is 28.2 Å². The number of nitrogens with one attached hydrogen (secondary N) is 1. The van der Waals surface area contributed by atoms with Crippen LogP contribution in [-0.4, -0.2) is 35.1 Å². The molecule has 0 fully saturated rings. The molecule has 4 rings (SSSR count). The Balaban J connectivity index is 1.53. The van der Waals surface area contributed by atoms with Gasteiger partial charge >= 0.3 is 5.97 Å². The predicted octanol–water partition coefficient (Wildman–Crippen LogP) is 4.98. The Morgan fingerprint density at radius 1 is 1.00 bits per heavy atom. The molecule has 30 heavy (non-hydrogen) atoms. The minimum absolute atomic E-state index is 0.685. The smallest absolute Gasteiger partial charge is 0.328 e. The average Bonchev–Trinajstić information content (AvgIpc) is 3.14. The summed E-state index contributed by atoms with van der Waals surface area (Å²) in [6.45, 7) is 0. The van der Waals surface area contributed by atoms with Crippen LogP contribution in [0.1, 0.15) is 17.0 Å². The Kier molecular flexibility index (Phi) is 5.35. The Morgan fingerprint density at radius 2 is 1.70 bits per heavy atom. The fourth-order valence-corrected chi connectivity index (χ4v) is 3.38. The lowest BCUT2D eigenvalue weighted by molar-refractivity contribution is -0.131. The van der Waals surface area contributed by atoms with E-state index < -0.39 is 5.97 Å². The van der Waals surface area contributed by atoms with Gasteiger partial charge in [0, 0.05) is 32.3 Å². The Bertz CT molecular complexity index is 1200. The van der Waals surface area contributed by atoms with Crippen molar-refractivity contribution in [3.8, 4) is 11.1 Å². The van der Waals surface area contributed by atoms with Crippen LogP contribution in [0.3, 0.4) is 0 Å². The van der Waals surface area contributed by atoms with Crippen molar-refractivity contribution in [1.82, 2.24) is 9.97 Å². The van der Waals surface area contributed by atoms with E-state index >= 15 is 0 Å². The van der Waals surface area contributed by atoms with Gasteiger partial charge in [-0.25, -0.2) is 9.78 Å². The van der Waals surface area contributed by atoms with Crippen LogP contribution in [0.15, 0.2) is 72.8 Å². The monoisotopic (exact) mass is 397 g/mol. The Morgan fingerprint density at radius 3 is 2.37 bits per heavy atom. The zero-order valence-corrected chi connectivity index (χ0v) is 17.0. The zero-order valence-electron chi connectivity index (χ0n) is 17.0. The molecule has 0 radical (unpaired) electrons. The number of rotatable bonds is 6. The molecular weight excluding hydrogens is 374 g/mol. The minimum Gasteiger partial charge on any atom is -0.478 e. The number of anilines is 1. The number of carboxylic acids is 1. The second-order valence-electron chi connectivity index (χ2n) is 7.45. The number of aromatic nitrogens is 2. The van der Waals surface area contributed by atoms with Crippen LogP contribution in [0, 0.1) is 0 Å². The molecule has 0 spiro atoms. The van der Waals surface area contributed by atoms with E-state index in [4.69, 9.17) is 10.1 Å². The van der Waals surface area contributed by atoms with Gasteiger partial charge in [-0.15, -0.1) is 0 Å². The number of fused-ring (bicyclic) bond motifs is 1. The maximum atomic E-state index is 10.6. The van der Waals surface area contributed by atoms with Gasteiger partial charge in [0.15, 0.2) is 0 Å². The molecule has 0 saturated carbocycles. The number of benzene rings is 3. The summed E-state index contributed by atoms with van der Waals surface area (Å²) in [4.78, 5) is 20.9. The van der Waals surface area contributed by atoms with Crippen LogP contribution < -0.4 is 4.90 Å². The maximum Gasteiger partial charge on any atom is 0.328 e. The van der Waals surface area contributed by atoms with Crippen molar-refractivity contribution in [2.24, 2.45) is 0 Å². The van der Waals surface area contributed by atoms with Gasteiger partial charge in [-0.1, -0.05) is 42.5 Å². The number of H-pyrrole nitrogens is 1.